The molecule has 0 unspecified atom stereocenters. The molecule has 3 N–H and O–H groups in total. The number of hydrazone groups is 1. The number of amides is 1. The van der Waals surface area contributed by atoms with E-state index in [1.165, 1.54) is 6.33 Å². The summed E-state index contributed by atoms with van der Waals surface area (Å²) in [4.78, 5) is 24.9. The number of carbonyl (C=O) groups is 1. The van der Waals surface area contributed by atoms with Crippen LogP contribution >= 0.6 is 0 Å². The Balaban J connectivity index is 1.65. The molecule has 0 saturated carbocycles. The van der Waals surface area contributed by atoms with Crippen molar-refractivity contribution in [1.82, 2.24) is 24.9 Å². The molecule has 4 aromatic rings. The Morgan fingerprint density at radius 2 is 1.67 bits per heavy atom. The minimum Gasteiger partial charge on any atom is -0.380 e. The molecule has 0 bridgehead atoms. The molecular weight excluding hydrogens is 342 g/mol. The molecule has 4 rings (SSSR count). The maximum atomic E-state index is 12.1. The first-order valence-electron chi connectivity index (χ1n) is 8.16. The minimum atomic E-state index is -0.362. The number of aromatic nitrogens is 4. The molecule has 2 aromatic carbocycles. The molecule has 0 aliphatic rings. The molecule has 2 aromatic heterocycles. The Morgan fingerprint density at radius 3 is 2.41 bits per heavy atom. The molecule has 0 atom stereocenters. The number of nitrogens with two attached hydrogens (primary N) is 1. The van der Waals surface area contributed by atoms with Gasteiger partial charge in [0.15, 0.2) is 11.5 Å². The summed E-state index contributed by atoms with van der Waals surface area (Å²) in [5.74, 6) is -0.316. The Hall–Kier alpha value is -4.07. The molecule has 0 spiro atoms. The number of benzene rings is 2. The van der Waals surface area contributed by atoms with E-state index in [9.17, 15) is 4.79 Å². The highest BCUT2D eigenvalue weighted by molar-refractivity contribution is 6.05. The number of para-hydroxylation sites is 1. The largest absolute Gasteiger partial charge is 0.380 e. The van der Waals surface area contributed by atoms with Gasteiger partial charge >= 0.3 is 0 Å². The van der Waals surface area contributed by atoms with Crippen molar-refractivity contribution in [2.45, 2.75) is 0 Å². The molecule has 8 nitrogen and oxygen atoms in total. The third-order valence-electron chi connectivity index (χ3n) is 3.92. The lowest BCUT2D eigenvalue weighted by atomic mass is 10.2. The van der Waals surface area contributed by atoms with Crippen LogP contribution in [0.25, 0.3) is 16.9 Å². The second-order valence-corrected chi connectivity index (χ2v) is 5.65. The summed E-state index contributed by atoms with van der Waals surface area (Å²) in [6, 6.07) is 18.4. The number of amidine groups is 1. The van der Waals surface area contributed by atoms with Crippen molar-refractivity contribution in [1.29, 1.82) is 0 Å². The SMILES string of the molecule is N/C(=N\NC(=O)c1ccccc1)c1ncnc2c1ncn2-c1ccccc1. The van der Waals surface area contributed by atoms with Crippen LogP contribution in [0.4, 0.5) is 0 Å². The van der Waals surface area contributed by atoms with Gasteiger partial charge in [0, 0.05) is 11.3 Å². The van der Waals surface area contributed by atoms with Crippen molar-refractivity contribution in [2.24, 2.45) is 10.8 Å². The Labute approximate surface area is 154 Å². The van der Waals surface area contributed by atoms with Gasteiger partial charge in [-0.15, -0.1) is 0 Å². The quantitative estimate of drug-likeness (QED) is 0.329. The van der Waals surface area contributed by atoms with Crippen LogP contribution in [-0.2, 0) is 0 Å². The van der Waals surface area contributed by atoms with Gasteiger partial charge in [0.05, 0.1) is 0 Å². The van der Waals surface area contributed by atoms with Crippen molar-refractivity contribution >= 4 is 22.9 Å². The van der Waals surface area contributed by atoms with Crippen LogP contribution in [0, 0.1) is 0 Å². The zero-order chi connectivity index (χ0) is 18.6. The topological polar surface area (TPSA) is 111 Å². The average Bonchev–Trinajstić information content (AvgIpc) is 3.17. The molecule has 0 fully saturated rings. The summed E-state index contributed by atoms with van der Waals surface area (Å²) in [6.07, 6.45) is 3.04. The summed E-state index contributed by atoms with van der Waals surface area (Å²) in [6.45, 7) is 0. The predicted octanol–water partition coefficient (Wildman–Crippen LogP) is 1.87. The van der Waals surface area contributed by atoms with E-state index < -0.39 is 0 Å². The zero-order valence-electron chi connectivity index (χ0n) is 14.1. The fourth-order valence-electron chi connectivity index (χ4n) is 2.62. The summed E-state index contributed by atoms with van der Waals surface area (Å²) >= 11 is 0. The minimum absolute atomic E-state index is 0.0463. The zero-order valence-corrected chi connectivity index (χ0v) is 14.1. The van der Waals surface area contributed by atoms with Gasteiger partial charge < -0.3 is 5.73 Å². The van der Waals surface area contributed by atoms with E-state index in [2.05, 4.69) is 25.5 Å². The van der Waals surface area contributed by atoms with Gasteiger partial charge in [-0.3, -0.25) is 9.36 Å². The summed E-state index contributed by atoms with van der Waals surface area (Å²) in [5, 5.41) is 3.96. The van der Waals surface area contributed by atoms with Gasteiger partial charge in [-0.2, -0.15) is 5.10 Å². The summed E-state index contributed by atoms with van der Waals surface area (Å²) in [5.41, 5.74) is 11.3. The van der Waals surface area contributed by atoms with Crippen molar-refractivity contribution in [3.63, 3.8) is 0 Å². The lowest BCUT2D eigenvalue weighted by Gasteiger charge is -2.04. The highest BCUT2D eigenvalue weighted by Gasteiger charge is 2.14. The smallest absolute Gasteiger partial charge is 0.271 e. The fourth-order valence-corrected chi connectivity index (χ4v) is 2.62. The van der Waals surface area contributed by atoms with Crippen LogP contribution in [0.15, 0.2) is 78.4 Å². The van der Waals surface area contributed by atoms with Gasteiger partial charge in [0.2, 0.25) is 0 Å². The normalized spacial score (nSPS) is 11.5. The number of nitrogens with one attached hydrogen (secondary N) is 1. The molecule has 0 saturated heterocycles. The molecule has 0 aliphatic heterocycles. The lowest BCUT2D eigenvalue weighted by molar-refractivity contribution is 0.0955. The molecule has 2 heterocycles. The fraction of sp³-hybridized carbons (Fsp3) is 0. The molecule has 27 heavy (non-hydrogen) atoms. The molecular formula is C19H15N7O. The Morgan fingerprint density at radius 1 is 0.963 bits per heavy atom. The first kappa shape index (κ1) is 16.4. The monoisotopic (exact) mass is 357 g/mol. The molecule has 1 amide bonds. The number of carbonyl (C=O) groups excluding carboxylic acids is 1. The second-order valence-electron chi connectivity index (χ2n) is 5.65. The van der Waals surface area contributed by atoms with Crippen molar-refractivity contribution in [3.05, 3.63) is 84.6 Å². The molecule has 8 heteroatoms. The van der Waals surface area contributed by atoms with Crippen LogP contribution in [0.1, 0.15) is 16.1 Å². The van der Waals surface area contributed by atoms with Crippen molar-refractivity contribution in [3.8, 4) is 5.69 Å². The number of fused-ring (bicyclic) bond motifs is 1. The first-order valence-corrected chi connectivity index (χ1v) is 8.16. The van der Waals surface area contributed by atoms with E-state index >= 15 is 0 Å². The molecule has 0 radical (unpaired) electrons. The number of hydrogen-bond donors (Lipinski definition) is 2. The first-order chi connectivity index (χ1) is 13.2. The van der Waals surface area contributed by atoms with E-state index in [1.807, 2.05) is 41.0 Å². The van der Waals surface area contributed by atoms with Gasteiger partial charge in [0.1, 0.15) is 23.9 Å². The van der Waals surface area contributed by atoms with Crippen LogP contribution in [0.5, 0.6) is 0 Å². The van der Waals surface area contributed by atoms with Crippen LogP contribution in [0.3, 0.4) is 0 Å². The van der Waals surface area contributed by atoms with E-state index in [0.29, 0.717) is 22.4 Å². The lowest BCUT2D eigenvalue weighted by Crippen LogP contribution is -2.25. The van der Waals surface area contributed by atoms with Gasteiger partial charge in [-0.25, -0.2) is 20.4 Å². The van der Waals surface area contributed by atoms with Crippen LogP contribution < -0.4 is 11.2 Å². The predicted molar refractivity (Wildman–Crippen MR) is 101 cm³/mol. The molecule has 132 valence electrons. The third kappa shape index (κ3) is 3.23. The highest BCUT2D eigenvalue weighted by atomic mass is 16.2. The number of rotatable bonds is 4. The van der Waals surface area contributed by atoms with Crippen LogP contribution in [0.2, 0.25) is 0 Å². The maximum absolute atomic E-state index is 12.1. The van der Waals surface area contributed by atoms with Crippen LogP contribution in [-0.4, -0.2) is 31.3 Å². The van der Waals surface area contributed by atoms with Gasteiger partial charge in [0.25, 0.3) is 5.91 Å². The van der Waals surface area contributed by atoms with Gasteiger partial charge in [-0.05, 0) is 24.3 Å². The number of nitrogens with zero attached hydrogens (tertiary/aromatic N) is 5. The molecule has 0 aliphatic carbocycles. The van der Waals surface area contributed by atoms with Crippen molar-refractivity contribution < 1.29 is 4.79 Å². The number of hydrogen-bond acceptors (Lipinski definition) is 5. The second kappa shape index (κ2) is 7.04. The van der Waals surface area contributed by atoms with E-state index in [0.717, 1.165) is 5.69 Å². The average molecular weight is 357 g/mol. The van der Waals surface area contributed by atoms with Gasteiger partial charge in [-0.1, -0.05) is 36.4 Å². The standard InChI is InChI=1S/C19H15N7O/c20-17(24-25-19(27)13-7-3-1-4-8-13)15-16-18(22-11-21-15)26(12-23-16)14-9-5-2-6-10-14/h1-12H,(H2,20,24)(H,25,27). The maximum Gasteiger partial charge on any atom is 0.271 e. The summed E-state index contributed by atoms with van der Waals surface area (Å²) in [7, 11) is 0. The third-order valence-corrected chi connectivity index (χ3v) is 3.92. The Kier molecular flexibility index (Phi) is 4.28. The van der Waals surface area contributed by atoms with Crippen molar-refractivity contribution in [2.75, 3.05) is 0 Å². The summed E-state index contributed by atoms with van der Waals surface area (Å²) < 4.78 is 1.83. The van der Waals surface area contributed by atoms with E-state index in [4.69, 9.17) is 5.73 Å². The highest BCUT2D eigenvalue weighted by Crippen LogP contribution is 2.17. The Bertz CT molecular complexity index is 1120. The number of imidazole rings is 1. The van der Waals surface area contributed by atoms with E-state index in [1.54, 1.807) is 30.6 Å². The van der Waals surface area contributed by atoms with E-state index in [-0.39, 0.29) is 11.7 Å².